The Bertz CT molecular complexity index is 625. The number of rotatable bonds is 6. The molecule has 116 valence electrons. The smallest absolute Gasteiger partial charge is 0.258 e. The topological polar surface area (TPSA) is 41.1 Å². The van der Waals surface area contributed by atoms with Gasteiger partial charge in [-0.3, -0.25) is 4.79 Å². The van der Waals surface area contributed by atoms with E-state index in [0.29, 0.717) is 11.7 Å². The normalized spacial score (nSPS) is 12.0. The van der Waals surface area contributed by atoms with Crippen LogP contribution in [0.2, 0.25) is 0 Å². The van der Waals surface area contributed by atoms with Crippen LogP contribution in [-0.4, -0.2) is 12.5 Å². The predicted octanol–water partition coefficient (Wildman–Crippen LogP) is 4.14. The summed E-state index contributed by atoms with van der Waals surface area (Å²) in [4.78, 5) is 12.0. The third kappa shape index (κ3) is 3.92. The van der Waals surface area contributed by atoms with Gasteiger partial charge in [0.05, 0.1) is 5.56 Å². The van der Waals surface area contributed by atoms with E-state index in [1.54, 1.807) is 12.1 Å². The monoisotopic (exact) mass is 300 g/mol. The molecular weight excluding hydrogens is 279 g/mol. The average Bonchev–Trinajstić information content (AvgIpc) is 2.54. The molecule has 22 heavy (non-hydrogen) atoms. The Morgan fingerprint density at radius 2 is 1.77 bits per heavy atom. The van der Waals surface area contributed by atoms with Crippen molar-refractivity contribution in [2.75, 3.05) is 11.9 Å². The van der Waals surface area contributed by atoms with E-state index in [-0.39, 0.29) is 5.56 Å². The molecule has 4 heteroatoms. The molecule has 0 saturated carbocycles. The summed E-state index contributed by atoms with van der Waals surface area (Å²) >= 11 is 0. The summed E-state index contributed by atoms with van der Waals surface area (Å²) in [5.74, 6) is -0.959. The zero-order chi connectivity index (χ0) is 15.9. The zero-order valence-corrected chi connectivity index (χ0v) is 12.9. The van der Waals surface area contributed by atoms with Gasteiger partial charge in [-0.05, 0) is 42.8 Å². The second-order valence-electron chi connectivity index (χ2n) is 5.07. The van der Waals surface area contributed by atoms with Crippen molar-refractivity contribution in [3.05, 3.63) is 65.5 Å². The number of benzene rings is 2. The number of hydrogen-bond donors (Lipinski definition) is 2. The predicted molar refractivity (Wildman–Crippen MR) is 87.5 cm³/mol. The van der Waals surface area contributed by atoms with Crippen LogP contribution in [0.5, 0.6) is 0 Å². The fourth-order valence-corrected chi connectivity index (χ4v) is 2.39. The molecule has 1 amide bonds. The first kappa shape index (κ1) is 16.2. The molecule has 2 N–H and O–H groups in total. The molecule has 1 atom stereocenters. The number of amides is 1. The molecule has 0 bridgehead atoms. The lowest BCUT2D eigenvalue weighted by Crippen LogP contribution is -2.20. The van der Waals surface area contributed by atoms with Crippen molar-refractivity contribution >= 4 is 11.6 Å². The average molecular weight is 300 g/mol. The van der Waals surface area contributed by atoms with Gasteiger partial charge < -0.3 is 10.6 Å². The van der Waals surface area contributed by atoms with E-state index in [0.717, 1.165) is 13.0 Å². The molecule has 0 fully saturated rings. The molecule has 0 aliphatic heterocycles. The highest BCUT2D eigenvalue weighted by Gasteiger charge is 2.12. The molecule has 0 aliphatic rings. The van der Waals surface area contributed by atoms with Gasteiger partial charge in [0.15, 0.2) is 0 Å². The van der Waals surface area contributed by atoms with Crippen LogP contribution in [-0.2, 0) is 0 Å². The number of carbonyl (C=O) groups excluding carboxylic acids is 1. The van der Waals surface area contributed by atoms with Crippen molar-refractivity contribution in [3.63, 3.8) is 0 Å². The Hall–Kier alpha value is -2.20. The quantitative estimate of drug-likeness (QED) is 0.842. The van der Waals surface area contributed by atoms with E-state index >= 15 is 0 Å². The highest BCUT2D eigenvalue weighted by atomic mass is 19.1. The third-order valence-corrected chi connectivity index (χ3v) is 3.55. The van der Waals surface area contributed by atoms with Gasteiger partial charge in [-0.25, -0.2) is 4.39 Å². The van der Waals surface area contributed by atoms with Crippen molar-refractivity contribution in [3.8, 4) is 0 Å². The SMILES string of the molecule is CCNC(CC)c1ccc(NC(=O)c2ccccc2F)cc1. The van der Waals surface area contributed by atoms with Crippen LogP contribution in [0.15, 0.2) is 48.5 Å². The van der Waals surface area contributed by atoms with Crippen LogP contribution in [0, 0.1) is 5.82 Å². The fraction of sp³-hybridized carbons (Fsp3) is 0.278. The van der Waals surface area contributed by atoms with Crippen LogP contribution in [0.4, 0.5) is 10.1 Å². The molecule has 2 aromatic rings. The highest BCUT2D eigenvalue weighted by Crippen LogP contribution is 2.19. The van der Waals surface area contributed by atoms with Gasteiger partial charge in [-0.2, -0.15) is 0 Å². The van der Waals surface area contributed by atoms with Crippen LogP contribution in [0.3, 0.4) is 0 Å². The van der Waals surface area contributed by atoms with E-state index < -0.39 is 11.7 Å². The number of nitrogens with one attached hydrogen (secondary N) is 2. The highest BCUT2D eigenvalue weighted by molar-refractivity contribution is 6.04. The molecule has 0 saturated heterocycles. The van der Waals surface area contributed by atoms with Gasteiger partial charge in [0.2, 0.25) is 0 Å². The maximum atomic E-state index is 13.6. The van der Waals surface area contributed by atoms with Crippen molar-refractivity contribution in [2.24, 2.45) is 0 Å². The Morgan fingerprint density at radius 3 is 2.36 bits per heavy atom. The van der Waals surface area contributed by atoms with E-state index in [2.05, 4.69) is 24.5 Å². The molecular formula is C18H21FN2O. The maximum absolute atomic E-state index is 13.6. The second-order valence-corrected chi connectivity index (χ2v) is 5.07. The first-order valence-corrected chi connectivity index (χ1v) is 7.55. The maximum Gasteiger partial charge on any atom is 0.258 e. The minimum Gasteiger partial charge on any atom is -0.322 e. The Morgan fingerprint density at radius 1 is 1.09 bits per heavy atom. The lowest BCUT2D eigenvalue weighted by molar-refractivity contribution is 0.102. The van der Waals surface area contributed by atoms with Crippen LogP contribution in [0.1, 0.15) is 42.2 Å². The van der Waals surface area contributed by atoms with Crippen molar-refractivity contribution in [2.45, 2.75) is 26.3 Å². The van der Waals surface area contributed by atoms with Gasteiger partial charge in [0, 0.05) is 11.7 Å². The summed E-state index contributed by atoms with van der Waals surface area (Å²) in [6.07, 6.45) is 0.995. The summed E-state index contributed by atoms with van der Waals surface area (Å²) < 4.78 is 13.6. The molecule has 1 unspecified atom stereocenters. The summed E-state index contributed by atoms with van der Waals surface area (Å²) in [5.41, 5.74) is 1.88. The van der Waals surface area contributed by atoms with E-state index in [4.69, 9.17) is 0 Å². The lowest BCUT2D eigenvalue weighted by Gasteiger charge is -2.16. The van der Waals surface area contributed by atoms with Crippen LogP contribution >= 0.6 is 0 Å². The van der Waals surface area contributed by atoms with Gasteiger partial charge in [-0.15, -0.1) is 0 Å². The van der Waals surface area contributed by atoms with Crippen molar-refractivity contribution in [1.82, 2.24) is 5.32 Å². The van der Waals surface area contributed by atoms with Crippen molar-refractivity contribution < 1.29 is 9.18 Å². The number of hydrogen-bond acceptors (Lipinski definition) is 2. The summed E-state index contributed by atoms with van der Waals surface area (Å²) in [7, 11) is 0. The van der Waals surface area contributed by atoms with Crippen LogP contribution < -0.4 is 10.6 Å². The largest absolute Gasteiger partial charge is 0.322 e. The minimum atomic E-state index is -0.519. The standard InChI is InChI=1S/C18H21FN2O/c1-3-17(20-4-2)13-9-11-14(12-10-13)21-18(22)15-7-5-6-8-16(15)19/h5-12,17,20H,3-4H2,1-2H3,(H,21,22). The molecule has 3 nitrogen and oxygen atoms in total. The Balaban J connectivity index is 2.08. The Kier molecular flexibility index (Phi) is 5.67. The number of halogens is 1. The van der Waals surface area contributed by atoms with Gasteiger partial charge in [-0.1, -0.05) is 38.1 Å². The summed E-state index contributed by atoms with van der Waals surface area (Å²) in [5, 5.41) is 6.12. The third-order valence-electron chi connectivity index (χ3n) is 3.55. The number of anilines is 1. The molecule has 0 spiro atoms. The molecule has 0 heterocycles. The Labute approximate surface area is 130 Å². The van der Waals surface area contributed by atoms with E-state index in [1.165, 1.54) is 17.7 Å². The molecule has 2 rings (SSSR count). The molecule has 0 aromatic heterocycles. The zero-order valence-electron chi connectivity index (χ0n) is 12.9. The van der Waals surface area contributed by atoms with Gasteiger partial charge >= 0.3 is 0 Å². The first-order valence-electron chi connectivity index (χ1n) is 7.55. The van der Waals surface area contributed by atoms with Gasteiger partial charge in [0.1, 0.15) is 5.82 Å². The minimum absolute atomic E-state index is 0.0469. The summed E-state index contributed by atoms with van der Waals surface area (Å²) in [6.45, 7) is 5.11. The first-order chi connectivity index (χ1) is 10.7. The lowest BCUT2D eigenvalue weighted by atomic mass is 10.0. The van der Waals surface area contributed by atoms with E-state index in [1.807, 2.05) is 24.3 Å². The number of carbonyl (C=O) groups is 1. The molecule has 0 radical (unpaired) electrons. The molecule has 0 aliphatic carbocycles. The second kappa shape index (κ2) is 7.71. The van der Waals surface area contributed by atoms with Crippen LogP contribution in [0.25, 0.3) is 0 Å². The fourth-order valence-electron chi connectivity index (χ4n) is 2.39. The molecule has 2 aromatic carbocycles. The van der Waals surface area contributed by atoms with Gasteiger partial charge in [0.25, 0.3) is 5.91 Å². The van der Waals surface area contributed by atoms with E-state index in [9.17, 15) is 9.18 Å². The summed E-state index contributed by atoms with van der Waals surface area (Å²) in [6, 6.07) is 13.9. The van der Waals surface area contributed by atoms with Crippen molar-refractivity contribution in [1.29, 1.82) is 0 Å².